The van der Waals surface area contributed by atoms with Gasteiger partial charge in [0.05, 0.1) is 6.04 Å². The molecule has 1 nitrogen and oxygen atoms in total. The van der Waals surface area contributed by atoms with Crippen LogP contribution in [0.3, 0.4) is 0 Å². The van der Waals surface area contributed by atoms with E-state index in [0.717, 1.165) is 16.6 Å². The highest BCUT2D eigenvalue weighted by atomic mass is 79.9. The third-order valence-electron chi connectivity index (χ3n) is 3.14. The summed E-state index contributed by atoms with van der Waals surface area (Å²) in [6.45, 7) is 7.76. The maximum atomic E-state index is 3.93. The van der Waals surface area contributed by atoms with Crippen LogP contribution in [-0.2, 0) is 6.42 Å². The van der Waals surface area contributed by atoms with Crippen molar-refractivity contribution in [2.75, 3.05) is 5.32 Å². The Morgan fingerprint density at radius 2 is 1.85 bits per heavy atom. The van der Waals surface area contributed by atoms with Crippen LogP contribution in [0.5, 0.6) is 0 Å². The monoisotopic (exact) mass is 327 g/mol. The number of benzene rings is 2. The predicted molar refractivity (Wildman–Crippen MR) is 91.0 cm³/mol. The van der Waals surface area contributed by atoms with Gasteiger partial charge in [0, 0.05) is 10.2 Å². The van der Waals surface area contributed by atoms with E-state index in [4.69, 9.17) is 0 Å². The van der Waals surface area contributed by atoms with Crippen molar-refractivity contribution >= 4 is 21.6 Å². The van der Waals surface area contributed by atoms with E-state index in [-0.39, 0.29) is 6.04 Å². The van der Waals surface area contributed by atoms with Crippen molar-refractivity contribution in [3.8, 4) is 0 Å². The zero-order chi connectivity index (χ0) is 14.4. The first-order chi connectivity index (χ1) is 9.74. The molecule has 1 N–H and O–H groups in total. The third kappa shape index (κ3) is 3.61. The van der Waals surface area contributed by atoms with Gasteiger partial charge in [-0.1, -0.05) is 58.4 Å². The largest absolute Gasteiger partial charge is 0.375 e. The van der Waals surface area contributed by atoms with Crippen LogP contribution in [0.4, 0.5) is 5.69 Å². The lowest BCUT2D eigenvalue weighted by Gasteiger charge is -2.19. The van der Waals surface area contributed by atoms with Crippen molar-refractivity contribution in [3.63, 3.8) is 0 Å². The molecular weight excluding hydrogens is 310 g/mol. The van der Waals surface area contributed by atoms with Crippen molar-refractivity contribution in [1.29, 1.82) is 0 Å². The summed E-state index contributed by atoms with van der Waals surface area (Å²) in [6.07, 6.45) is 4.67. The Balaban J connectivity index is 2.28. The normalized spacial score (nSPS) is 11.7. The fourth-order valence-corrected chi connectivity index (χ4v) is 2.54. The van der Waals surface area contributed by atoms with Gasteiger partial charge >= 0.3 is 0 Å². The molecule has 0 amide bonds. The standard InChI is InChI=1S/C18H18BrN/c1-3-8-15-13-16(19)11-12-18(15)20-17(4-2)14-9-6-5-7-10-14/h3-7,9-13,17,20H,1-2,8H2/t17-/m0/s1. The van der Waals surface area contributed by atoms with Gasteiger partial charge in [0.25, 0.3) is 0 Å². The molecule has 1 atom stereocenters. The molecule has 0 bridgehead atoms. The van der Waals surface area contributed by atoms with Crippen LogP contribution >= 0.6 is 15.9 Å². The zero-order valence-corrected chi connectivity index (χ0v) is 12.9. The average Bonchev–Trinajstić information content (AvgIpc) is 2.48. The molecule has 2 heteroatoms. The van der Waals surface area contributed by atoms with Crippen LogP contribution in [0.1, 0.15) is 17.2 Å². The summed E-state index contributed by atoms with van der Waals surface area (Å²) in [7, 11) is 0. The number of hydrogen-bond donors (Lipinski definition) is 1. The molecule has 0 aromatic heterocycles. The SMILES string of the molecule is C=CCc1cc(Br)ccc1N[C@@H](C=C)c1ccccc1. The second-order valence-corrected chi connectivity index (χ2v) is 5.48. The maximum Gasteiger partial charge on any atom is 0.0695 e. The number of nitrogens with one attached hydrogen (secondary N) is 1. The summed E-state index contributed by atoms with van der Waals surface area (Å²) in [5, 5.41) is 3.54. The fourth-order valence-electron chi connectivity index (χ4n) is 2.13. The van der Waals surface area contributed by atoms with Crippen LogP contribution < -0.4 is 5.32 Å². The van der Waals surface area contributed by atoms with Gasteiger partial charge < -0.3 is 5.32 Å². The number of allylic oxidation sites excluding steroid dienone is 1. The van der Waals surface area contributed by atoms with Gasteiger partial charge in [-0.3, -0.25) is 0 Å². The smallest absolute Gasteiger partial charge is 0.0695 e. The van der Waals surface area contributed by atoms with Crippen molar-refractivity contribution in [3.05, 3.63) is 89.4 Å². The molecule has 102 valence electrons. The first kappa shape index (κ1) is 14.6. The molecule has 0 fully saturated rings. The molecule has 0 unspecified atom stereocenters. The Kier molecular flexibility index (Phi) is 5.19. The number of anilines is 1. The van der Waals surface area contributed by atoms with E-state index in [1.54, 1.807) is 0 Å². The van der Waals surface area contributed by atoms with E-state index in [1.807, 2.05) is 36.4 Å². The van der Waals surface area contributed by atoms with Crippen LogP contribution in [-0.4, -0.2) is 0 Å². The summed E-state index contributed by atoms with van der Waals surface area (Å²) in [5.74, 6) is 0. The molecule has 20 heavy (non-hydrogen) atoms. The van der Waals surface area contributed by atoms with Gasteiger partial charge in [-0.2, -0.15) is 0 Å². The minimum absolute atomic E-state index is 0.0981. The molecule has 0 aliphatic heterocycles. The number of rotatable bonds is 6. The molecule has 2 aromatic rings. The minimum atomic E-state index is 0.0981. The van der Waals surface area contributed by atoms with E-state index in [0.29, 0.717) is 0 Å². The second-order valence-electron chi connectivity index (χ2n) is 4.56. The Morgan fingerprint density at radius 1 is 1.10 bits per heavy atom. The van der Waals surface area contributed by atoms with Crippen LogP contribution in [0.2, 0.25) is 0 Å². The highest BCUT2D eigenvalue weighted by Gasteiger charge is 2.09. The van der Waals surface area contributed by atoms with Crippen LogP contribution in [0.25, 0.3) is 0 Å². The summed E-state index contributed by atoms with van der Waals surface area (Å²) in [5.41, 5.74) is 3.54. The predicted octanol–water partition coefficient (Wildman–Crippen LogP) is 5.52. The quantitative estimate of drug-likeness (QED) is 0.689. The molecule has 0 saturated carbocycles. The highest BCUT2D eigenvalue weighted by Crippen LogP contribution is 2.26. The molecular formula is C18H18BrN. The molecule has 0 aliphatic carbocycles. The van der Waals surface area contributed by atoms with Crippen molar-refractivity contribution in [2.24, 2.45) is 0 Å². The Hall–Kier alpha value is -1.80. The van der Waals surface area contributed by atoms with E-state index in [9.17, 15) is 0 Å². The van der Waals surface area contributed by atoms with E-state index in [1.165, 1.54) is 11.1 Å². The van der Waals surface area contributed by atoms with Gasteiger partial charge in [-0.25, -0.2) is 0 Å². The lowest BCUT2D eigenvalue weighted by atomic mass is 10.0. The summed E-state index contributed by atoms with van der Waals surface area (Å²) in [6, 6.07) is 16.7. The van der Waals surface area contributed by atoms with Crippen molar-refractivity contribution in [2.45, 2.75) is 12.5 Å². The molecule has 2 rings (SSSR count). The summed E-state index contributed by atoms with van der Waals surface area (Å²) in [4.78, 5) is 0. The third-order valence-corrected chi connectivity index (χ3v) is 3.63. The fraction of sp³-hybridized carbons (Fsp3) is 0.111. The van der Waals surface area contributed by atoms with Gasteiger partial charge in [-0.05, 0) is 35.7 Å². The van der Waals surface area contributed by atoms with E-state index in [2.05, 4.69) is 58.7 Å². The Labute approximate surface area is 129 Å². The lowest BCUT2D eigenvalue weighted by molar-refractivity contribution is 0.981. The molecule has 0 spiro atoms. The lowest BCUT2D eigenvalue weighted by Crippen LogP contribution is -2.09. The molecule has 0 radical (unpaired) electrons. The maximum absolute atomic E-state index is 3.93. The van der Waals surface area contributed by atoms with Crippen LogP contribution in [0.15, 0.2) is 78.3 Å². The van der Waals surface area contributed by atoms with Gasteiger partial charge in [-0.15, -0.1) is 13.2 Å². The first-order valence-electron chi connectivity index (χ1n) is 6.58. The zero-order valence-electron chi connectivity index (χ0n) is 11.4. The molecule has 0 saturated heterocycles. The van der Waals surface area contributed by atoms with Crippen molar-refractivity contribution < 1.29 is 0 Å². The van der Waals surface area contributed by atoms with Gasteiger partial charge in [0.15, 0.2) is 0 Å². The van der Waals surface area contributed by atoms with Gasteiger partial charge in [0.1, 0.15) is 0 Å². The number of hydrogen-bond acceptors (Lipinski definition) is 1. The molecule has 0 heterocycles. The second kappa shape index (κ2) is 7.11. The Bertz CT molecular complexity index is 590. The Morgan fingerprint density at radius 3 is 2.50 bits per heavy atom. The number of halogens is 1. The summed E-state index contributed by atoms with van der Waals surface area (Å²) >= 11 is 3.51. The molecule has 2 aromatic carbocycles. The van der Waals surface area contributed by atoms with Crippen molar-refractivity contribution in [1.82, 2.24) is 0 Å². The van der Waals surface area contributed by atoms with Crippen LogP contribution in [0, 0.1) is 0 Å². The van der Waals surface area contributed by atoms with E-state index < -0.39 is 0 Å². The highest BCUT2D eigenvalue weighted by molar-refractivity contribution is 9.10. The first-order valence-corrected chi connectivity index (χ1v) is 7.37. The minimum Gasteiger partial charge on any atom is -0.375 e. The van der Waals surface area contributed by atoms with E-state index >= 15 is 0 Å². The summed E-state index contributed by atoms with van der Waals surface area (Å²) < 4.78 is 1.08. The topological polar surface area (TPSA) is 12.0 Å². The molecule has 0 aliphatic rings. The average molecular weight is 328 g/mol. The van der Waals surface area contributed by atoms with Gasteiger partial charge in [0.2, 0.25) is 0 Å².